The zero-order valence-corrected chi connectivity index (χ0v) is 12.1. The lowest BCUT2D eigenvalue weighted by atomic mass is 10.4. The first-order valence-electron chi connectivity index (χ1n) is 5.31. The molecule has 0 heterocycles. The number of hydrogen-bond donors (Lipinski definition) is 0. The second-order valence-electron chi connectivity index (χ2n) is 3.30. The van der Waals surface area contributed by atoms with Crippen LogP contribution < -0.4 is 5.30 Å². The minimum absolute atomic E-state index is 0.321. The van der Waals surface area contributed by atoms with Crippen LogP contribution in [0.4, 0.5) is 0 Å². The van der Waals surface area contributed by atoms with Gasteiger partial charge in [-0.3, -0.25) is 0 Å². The Morgan fingerprint density at radius 2 is 2.11 bits per heavy atom. The smallest absolute Gasteiger partial charge is 0.270 e. The van der Waals surface area contributed by atoms with Crippen molar-refractivity contribution in [3.63, 3.8) is 0 Å². The third-order valence-corrected chi connectivity index (χ3v) is 5.17. The van der Waals surface area contributed by atoms with Crippen LogP contribution in [0.25, 0.3) is 0 Å². The van der Waals surface area contributed by atoms with Crippen molar-refractivity contribution in [3.8, 4) is 0 Å². The fourth-order valence-corrected chi connectivity index (χ4v) is 3.18. The maximum absolute atomic E-state index is 5.61. The lowest BCUT2D eigenvalue weighted by Gasteiger charge is -2.20. The van der Waals surface area contributed by atoms with E-state index in [0.29, 0.717) is 12.5 Å². The molecule has 0 N–H and O–H groups in total. The number of nitrogens with zero attached hydrogens (tertiary/aromatic N) is 1. The van der Waals surface area contributed by atoms with Crippen LogP contribution in [0.3, 0.4) is 0 Å². The predicted octanol–water partition coefficient (Wildman–Crippen LogP) is 2.82. The maximum atomic E-state index is 5.61. The lowest BCUT2D eigenvalue weighted by Crippen LogP contribution is -2.11. The highest BCUT2D eigenvalue weighted by Gasteiger charge is 2.22. The van der Waals surface area contributed by atoms with Crippen LogP contribution in [0.1, 0.15) is 6.92 Å². The van der Waals surface area contributed by atoms with Gasteiger partial charge in [-0.2, -0.15) is 0 Å². The molecule has 0 aliphatic heterocycles. The van der Waals surface area contributed by atoms with Crippen LogP contribution in [0, 0.1) is 0 Å². The molecule has 1 aromatic rings. The number of rotatable bonds is 6. The summed E-state index contributed by atoms with van der Waals surface area (Å²) in [5.74, 6) is 0.339. The summed E-state index contributed by atoms with van der Waals surface area (Å²) < 4.78 is 11.0. The Kier molecular flexibility index (Phi) is 6.05. The molecule has 0 aliphatic carbocycles. The summed E-state index contributed by atoms with van der Waals surface area (Å²) in [7, 11) is 1.53. The Labute approximate surface area is 112 Å². The fourth-order valence-electron chi connectivity index (χ4n) is 1.18. The van der Waals surface area contributed by atoms with Crippen molar-refractivity contribution in [2.24, 2.45) is 5.16 Å². The SMILES string of the molecule is C=CCON=C(C)OP(=S)(OC)c1ccccc1. The van der Waals surface area contributed by atoms with Gasteiger partial charge in [-0.25, -0.2) is 0 Å². The number of benzene rings is 1. The van der Waals surface area contributed by atoms with E-state index in [1.807, 2.05) is 30.3 Å². The van der Waals surface area contributed by atoms with Crippen molar-refractivity contribution in [1.29, 1.82) is 0 Å². The lowest BCUT2D eigenvalue weighted by molar-refractivity contribution is 0.168. The quantitative estimate of drug-likeness (QED) is 0.201. The van der Waals surface area contributed by atoms with Crippen LogP contribution in [-0.4, -0.2) is 19.6 Å². The summed E-state index contributed by atoms with van der Waals surface area (Å²) in [5, 5.41) is 4.61. The largest absolute Gasteiger partial charge is 0.423 e. The van der Waals surface area contributed by atoms with Gasteiger partial charge in [-0.1, -0.05) is 36.0 Å². The van der Waals surface area contributed by atoms with Crippen molar-refractivity contribution in [2.45, 2.75) is 6.92 Å². The molecule has 0 saturated carbocycles. The van der Waals surface area contributed by atoms with Gasteiger partial charge in [0.1, 0.15) is 6.61 Å². The van der Waals surface area contributed by atoms with Crippen molar-refractivity contribution < 1.29 is 13.9 Å². The monoisotopic (exact) mass is 285 g/mol. The van der Waals surface area contributed by atoms with Gasteiger partial charge in [0.25, 0.3) is 6.49 Å². The minimum atomic E-state index is -2.56. The molecule has 0 aromatic heterocycles. The van der Waals surface area contributed by atoms with E-state index in [2.05, 4.69) is 11.7 Å². The molecule has 0 fully saturated rings. The van der Waals surface area contributed by atoms with E-state index < -0.39 is 6.49 Å². The van der Waals surface area contributed by atoms with Gasteiger partial charge in [-0.05, 0) is 23.9 Å². The Morgan fingerprint density at radius 3 is 2.67 bits per heavy atom. The van der Waals surface area contributed by atoms with Crippen LogP contribution in [0.15, 0.2) is 48.1 Å². The molecule has 1 atom stereocenters. The predicted molar refractivity (Wildman–Crippen MR) is 77.7 cm³/mol. The van der Waals surface area contributed by atoms with Crippen molar-refractivity contribution in [2.75, 3.05) is 13.7 Å². The first kappa shape index (κ1) is 14.9. The summed E-state index contributed by atoms with van der Waals surface area (Å²) in [6.45, 7) is 2.96. The van der Waals surface area contributed by atoms with Gasteiger partial charge in [0.05, 0.1) is 0 Å². The van der Waals surface area contributed by atoms with Gasteiger partial charge in [-0.15, -0.1) is 0 Å². The molecule has 18 heavy (non-hydrogen) atoms. The highest BCUT2D eigenvalue weighted by atomic mass is 32.5. The van der Waals surface area contributed by atoms with Crippen LogP contribution in [0.5, 0.6) is 0 Å². The highest BCUT2D eigenvalue weighted by Crippen LogP contribution is 2.46. The second-order valence-corrected chi connectivity index (χ2v) is 6.80. The van der Waals surface area contributed by atoms with E-state index in [1.165, 1.54) is 7.11 Å². The summed E-state index contributed by atoms with van der Waals surface area (Å²) in [6.07, 6.45) is 1.60. The molecule has 0 spiro atoms. The summed E-state index contributed by atoms with van der Waals surface area (Å²) in [4.78, 5) is 4.93. The molecule has 1 unspecified atom stereocenters. The van der Waals surface area contributed by atoms with E-state index in [-0.39, 0.29) is 0 Å². The van der Waals surface area contributed by atoms with Crippen molar-refractivity contribution >= 4 is 29.5 Å². The Balaban J connectivity index is 2.81. The maximum Gasteiger partial charge on any atom is 0.270 e. The molecule has 0 aliphatic rings. The normalized spacial score (nSPS) is 14.7. The third kappa shape index (κ3) is 4.26. The van der Waals surface area contributed by atoms with Crippen molar-refractivity contribution in [1.82, 2.24) is 0 Å². The molecule has 4 nitrogen and oxygen atoms in total. The third-order valence-electron chi connectivity index (χ3n) is 1.95. The molecule has 1 rings (SSSR count). The van der Waals surface area contributed by atoms with E-state index >= 15 is 0 Å². The molecular formula is C12H16NO3PS. The first-order valence-corrected chi connectivity index (χ1v) is 7.94. The second kappa shape index (κ2) is 7.31. The van der Waals surface area contributed by atoms with Crippen LogP contribution >= 0.6 is 6.49 Å². The van der Waals surface area contributed by atoms with E-state index in [9.17, 15) is 0 Å². The Bertz CT molecular complexity index is 462. The molecular weight excluding hydrogens is 269 g/mol. The highest BCUT2D eigenvalue weighted by molar-refractivity contribution is 8.13. The summed E-state index contributed by atoms with van der Waals surface area (Å²) in [6, 6.07) is 9.44. The van der Waals surface area contributed by atoms with Gasteiger partial charge in [0, 0.05) is 19.3 Å². The molecule has 1 aromatic carbocycles. The zero-order valence-electron chi connectivity index (χ0n) is 10.4. The molecule has 98 valence electrons. The number of oxime groups is 1. The first-order chi connectivity index (χ1) is 8.62. The van der Waals surface area contributed by atoms with Crippen LogP contribution in [-0.2, 0) is 25.7 Å². The average Bonchev–Trinajstić information content (AvgIpc) is 2.40. The van der Waals surface area contributed by atoms with Gasteiger partial charge < -0.3 is 13.9 Å². The van der Waals surface area contributed by atoms with Gasteiger partial charge in [0.15, 0.2) is 0 Å². The number of hydrogen-bond acceptors (Lipinski definition) is 5. The summed E-state index contributed by atoms with van der Waals surface area (Å²) >= 11 is 5.43. The fraction of sp³-hybridized carbons (Fsp3) is 0.250. The Morgan fingerprint density at radius 1 is 1.44 bits per heavy atom. The standard InChI is InChI=1S/C12H16NO3PS/c1-4-10-15-13-11(2)16-17(18,14-3)12-8-6-5-7-9-12/h4-9H,1,10H2,2-3H3. The summed E-state index contributed by atoms with van der Waals surface area (Å²) in [5.41, 5.74) is 0. The minimum Gasteiger partial charge on any atom is -0.423 e. The Hall–Kier alpha value is -1.16. The van der Waals surface area contributed by atoms with Crippen molar-refractivity contribution in [3.05, 3.63) is 43.0 Å². The van der Waals surface area contributed by atoms with E-state index in [0.717, 1.165) is 5.30 Å². The van der Waals surface area contributed by atoms with E-state index in [1.54, 1.807) is 13.0 Å². The molecule has 0 saturated heterocycles. The molecule has 0 radical (unpaired) electrons. The average molecular weight is 285 g/mol. The van der Waals surface area contributed by atoms with Crippen LogP contribution in [0.2, 0.25) is 0 Å². The molecule has 6 heteroatoms. The molecule has 0 bridgehead atoms. The van der Waals surface area contributed by atoms with Gasteiger partial charge >= 0.3 is 0 Å². The zero-order chi connectivity index (χ0) is 13.4. The molecule has 0 amide bonds. The van der Waals surface area contributed by atoms with E-state index in [4.69, 9.17) is 25.7 Å². The van der Waals surface area contributed by atoms with Gasteiger partial charge in [0.2, 0.25) is 5.90 Å². The topological polar surface area (TPSA) is 40.0 Å².